The number of hydrogen-bond donors (Lipinski definition) is 0. The highest BCUT2D eigenvalue weighted by molar-refractivity contribution is 8.14. The van der Waals surface area contributed by atoms with Gasteiger partial charge in [0.2, 0.25) is 19.7 Å². The van der Waals surface area contributed by atoms with E-state index >= 15 is 0 Å². The van der Waals surface area contributed by atoms with E-state index in [0.717, 1.165) is 6.07 Å². The van der Waals surface area contributed by atoms with Crippen molar-refractivity contribution < 1.29 is 60.7 Å². The van der Waals surface area contributed by atoms with Gasteiger partial charge in [-0.3, -0.25) is 0 Å². The minimum absolute atomic E-state index is 0.156. The molecular weight excluding hydrogens is 450 g/mol. The van der Waals surface area contributed by atoms with Crippen molar-refractivity contribution in [2.45, 2.75) is 22.9 Å². The molecule has 0 heterocycles. The molecule has 0 aliphatic heterocycles. The molecular formula is C11H5F10O4S2-. The van der Waals surface area contributed by atoms with Crippen molar-refractivity contribution >= 4 is 19.7 Å². The summed E-state index contributed by atoms with van der Waals surface area (Å²) in [6.45, 7) is 0. The largest absolute Gasteiger partial charge is 0.468 e. The van der Waals surface area contributed by atoms with Crippen LogP contribution in [-0.4, -0.2) is 39.7 Å². The van der Waals surface area contributed by atoms with Gasteiger partial charge in [-0.2, -0.15) is 61.6 Å². The van der Waals surface area contributed by atoms with E-state index in [9.17, 15) is 60.7 Å². The van der Waals surface area contributed by atoms with Crippen LogP contribution in [0.2, 0.25) is 0 Å². The van der Waals surface area contributed by atoms with Crippen LogP contribution in [0.15, 0.2) is 30.3 Å². The van der Waals surface area contributed by atoms with Gasteiger partial charge in [0.15, 0.2) is 0 Å². The third-order valence-corrected chi connectivity index (χ3v) is 7.41. The molecule has 1 aromatic rings. The molecule has 1 rings (SSSR count). The molecule has 1 aromatic carbocycles. The average molecular weight is 455 g/mol. The van der Waals surface area contributed by atoms with E-state index in [2.05, 4.69) is 0 Å². The van der Waals surface area contributed by atoms with Crippen molar-refractivity contribution in [2.24, 2.45) is 0 Å². The molecule has 0 aromatic heterocycles. The SMILES string of the molecule is O=S(=O)([C-](c1ccccc1)S(=O)(=O)C(F)(F)C(F)(F)F)C(F)(F)C(F)(F)F. The van der Waals surface area contributed by atoms with E-state index in [1.54, 1.807) is 0 Å². The number of rotatable bonds is 5. The fraction of sp³-hybridized carbons (Fsp3) is 0.364. The van der Waals surface area contributed by atoms with Crippen LogP contribution in [0, 0.1) is 4.58 Å². The molecule has 27 heavy (non-hydrogen) atoms. The summed E-state index contributed by atoms with van der Waals surface area (Å²) in [5.41, 5.74) is -1.75. The Bertz CT molecular complexity index is 829. The van der Waals surface area contributed by atoms with E-state index in [1.807, 2.05) is 0 Å². The maximum Gasteiger partial charge on any atom is 0.468 e. The molecule has 0 N–H and O–H groups in total. The van der Waals surface area contributed by atoms with Crippen molar-refractivity contribution in [2.75, 3.05) is 0 Å². The molecule has 16 heteroatoms. The lowest BCUT2D eigenvalue weighted by Gasteiger charge is -2.33. The number of sulfone groups is 2. The predicted octanol–water partition coefficient (Wildman–Crippen LogP) is 3.66. The average Bonchev–Trinajstić information content (AvgIpc) is 2.45. The summed E-state index contributed by atoms with van der Waals surface area (Å²) in [7, 11) is -15.2. The van der Waals surface area contributed by atoms with Crippen LogP contribution in [0.5, 0.6) is 0 Å². The number of benzene rings is 1. The fourth-order valence-electron chi connectivity index (χ4n) is 1.57. The minimum Gasteiger partial charge on any atom is -0.229 e. The first kappa shape index (κ1) is 23.3. The van der Waals surface area contributed by atoms with Crippen LogP contribution in [-0.2, 0) is 19.7 Å². The quantitative estimate of drug-likeness (QED) is 0.502. The topological polar surface area (TPSA) is 68.3 Å². The summed E-state index contributed by atoms with van der Waals surface area (Å²) in [5.74, 6) is 0. The van der Waals surface area contributed by atoms with Crippen LogP contribution in [0.25, 0.3) is 0 Å². The van der Waals surface area contributed by atoms with Gasteiger partial charge in [-0.1, -0.05) is 6.07 Å². The monoisotopic (exact) mass is 455 g/mol. The second-order valence-corrected chi connectivity index (χ2v) is 8.80. The zero-order valence-corrected chi connectivity index (χ0v) is 13.7. The smallest absolute Gasteiger partial charge is 0.229 e. The van der Waals surface area contributed by atoms with E-state index in [4.69, 9.17) is 0 Å². The predicted molar refractivity (Wildman–Crippen MR) is 68.6 cm³/mol. The molecule has 0 aliphatic rings. The van der Waals surface area contributed by atoms with E-state index in [0.29, 0.717) is 12.1 Å². The first-order valence-electron chi connectivity index (χ1n) is 6.03. The van der Waals surface area contributed by atoms with Crippen LogP contribution < -0.4 is 0 Å². The highest BCUT2D eigenvalue weighted by Crippen LogP contribution is 2.52. The van der Waals surface area contributed by atoms with Crippen molar-refractivity contribution in [3.63, 3.8) is 0 Å². The fourth-order valence-corrected chi connectivity index (χ4v) is 5.32. The van der Waals surface area contributed by atoms with Crippen molar-refractivity contribution in [1.82, 2.24) is 0 Å². The molecule has 0 fully saturated rings. The maximum absolute atomic E-state index is 13.3. The summed E-state index contributed by atoms with van der Waals surface area (Å²) in [6, 6.07) is 2.45. The number of alkyl halides is 10. The van der Waals surface area contributed by atoms with Crippen molar-refractivity contribution in [3.8, 4) is 0 Å². The highest BCUT2D eigenvalue weighted by atomic mass is 32.3. The Kier molecular flexibility index (Phi) is 5.55. The summed E-state index contributed by atoms with van der Waals surface area (Å²) in [4.78, 5) is 0. The van der Waals surface area contributed by atoms with Gasteiger partial charge in [0.25, 0.3) is 0 Å². The lowest BCUT2D eigenvalue weighted by Crippen LogP contribution is -2.53. The molecule has 0 saturated heterocycles. The highest BCUT2D eigenvalue weighted by Gasteiger charge is 2.74. The molecule has 4 nitrogen and oxygen atoms in total. The van der Waals surface area contributed by atoms with Crippen LogP contribution >= 0.6 is 0 Å². The van der Waals surface area contributed by atoms with Gasteiger partial charge in [0, 0.05) is 0 Å². The third-order valence-electron chi connectivity index (χ3n) is 2.83. The van der Waals surface area contributed by atoms with Gasteiger partial charge in [0.05, 0.1) is 4.58 Å². The Balaban J connectivity index is 3.93. The third kappa shape index (κ3) is 3.55. The first-order valence-corrected chi connectivity index (χ1v) is 9.00. The van der Waals surface area contributed by atoms with Crippen LogP contribution in [0.3, 0.4) is 0 Å². The number of halogens is 10. The first-order chi connectivity index (χ1) is 11.7. The van der Waals surface area contributed by atoms with Gasteiger partial charge < -0.3 is 0 Å². The molecule has 0 atom stereocenters. The Labute approximate surface area is 144 Å². The van der Waals surface area contributed by atoms with Gasteiger partial charge in [-0.15, -0.1) is 12.1 Å². The summed E-state index contributed by atoms with van der Waals surface area (Å²) >= 11 is 0. The Morgan fingerprint density at radius 2 is 0.889 bits per heavy atom. The lowest BCUT2D eigenvalue weighted by atomic mass is 10.2. The normalized spacial score (nSPS) is 14.9. The van der Waals surface area contributed by atoms with Gasteiger partial charge in [-0.05, 0) is 0 Å². The van der Waals surface area contributed by atoms with Gasteiger partial charge in [0.1, 0.15) is 0 Å². The second kappa shape index (κ2) is 6.42. The lowest BCUT2D eigenvalue weighted by molar-refractivity contribution is -0.242. The molecule has 0 aliphatic carbocycles. The molecule has 0 saturated carbocycles. The Hall–Kier alpha value is -1.71. The standard InChI is InChI=1S/C11H5F10O4S2/c12-8(13,14)10(18,19)26(22,23)7(6-4-2-1-3-5-6)27(24,25)11(20,21)9(15,16)17/h1-5H/q-1. The molecule has 156 valence electrons. The molecule has 0 spiro atoms. The molecule has 0 amide bonds. The van der Waals surface area contributed by atoms with Gasteiger partial charge >= 0.3 is 22.9 Å². The van der Waals surface area contributed by atoms with Crippen molar-refractivity contribution in [1.29, 1.82) is 0 Å². The summed E-state index contributed by atoms with van der Waals surface area (Å²) in [6.07, 6.45) is -14.0. The van der Waals surface area contributed by atoms with Crippen molar-refractivity contribution in [3.05, 3.63) is 40.5 Å². The molecule has 0 unspecified atom stereocenters. The number of hydrogen-bond acceptors (Lipinski definition) is 4. The van der Waals surface area contributed by atoms with Crippen LogP contribution in [0.4, 0.5) is 43.9 Å². The Morgan fingerprint density at radius 3 is 1.15 bits per heavy atom. The van der Waals surface area contributed by atoms with E-state index < -0.39 is 52.7 Å². The summed E-state index contributed by atoms with van der Waals surface area (Å²) in [5, 5.41) is -14.0. The zero-order chi connectivity index (χ0) is 21.7. The summed E-state index contributed by atoms with van der Waals surface area (Å²) < 4.78 is 171. The zero-order valence-electron chi connectivity index (χ0n) is 12.1. The van der Waals surface area contributed by atoms with E-state index in [1.165, 1.54) is 0 Å². The Morgan fingerprint density at radius 1 is 0.593 bits per heavy atom. The second-order valence-electron chi connectivity index (χ2n) is 4.69. The van der Waals surface area contributed by atoms with Crippen LogP contribution in [0.1, 0.15) is 5.56 Å². The molecule has 0 bridgehead atoms. The van der Waals surface area contributed by atoms with E-state index in [-0.39, 0.29) is 12.1 Å². The minimum atomic E-state index is -7.62. The maximum atomic E-state index is 13.3. The molecule has 0 radical (unpaired) electrons. The van der Waals surface area contributed by atoms with Gasteiger partial charge in [-0.25, -0.2) is 16.8 Å².